The van der Waals surface area contributed by atoms with Crippen LogP contribution in [0, 0.1) is 5.92 Å². The number of ether oxygens (including phenoxy) is 1. The van der Waals surface area contributed by atoms with Gasteiger partial charge in [0.25, 0.3) is 11.5 Å². The average molecular weight is 391 g/mol. The van der Waals surface area contributed by atoms with E-state index in [0.29, 0.717) is 55.8 Å². The molecule has 2 amide bonds. The van der Waals surface area contributed by atoms with E-state index in [1.807, 2.05) is 0 Å². The molecule has 0 radical (unpaired) electrons. The van der Waals surface area contributed by atoms with E-state index in [0.717, 1.165) is 4.57 Å². The Kier molecular flexibility index (Phi) is 5.41. The number of hydrogen-bond donors (Lipinski definition) is 1. The lowest BCUT2D eigenvalue weighted by Crippen LogP contribution is -2.42. The van der Waals surface area contributed by atoms with Crippen LogP contribution >= 0.6 is 0 Å². The van der Waals surface area contributed by atoms with Crippen LogP contribution in [0.25, 0.3) is 11.0 Å². The van der Waals surface area contributed by atoms with Crippen LogP contribution in [0.15, 0.2) is 15.7 Å². The molecule has 2 aromatic rings. The van der Waals surface area contributed by atoms with Crippen LogP contribution in [0.2, 0.25) is 0 Å². The van der Waals surface area contributed by atoms with E-state index in [9.17, 15) is 19.2 Å². The van der Waals surface area contributed by atoms with Crippen molar-refractivity contribution in [2.24, 2.45) is 25.7 Å². The fourth-order valence-electron chi connectivity index (χ4n) is 3.76. The zero-order valence-corrected chi connectivity index (χ0v) is 16.3. The zero-order chi connectivity index (χ0) is 20.6. The Morgan fingerprint density at radius 1 is 1.18 bits per heavy atom. The van der Waals surface area contributed by atoms with Gasteiger partial charge in [-0.3, -0.25) is 23.5 Å². The largest absolute Gasteiger partial charge is 0.383 e. The predicted octanol–water partition coefficient (Wildman–Crippen LogP) is -0.977. The fourth-order valence-corrected chi connectivity index (χ4v) is 3.76. The third-order valence-electron chi connectivity index (χ3n) is 5.42. The van der Waals surface area contributed by atoms with Crippen molar-refractivity contribution < 1.29 is 14.3 Å². The van der Waals surface area contributed by atoms with E-state index in [2.05, 4.69) is 0 Å². The Bertz CT molecular complexity index is 1040. The zero-order valence-electron chi connectivity index (χ0n) is 16.3. The van der Waals surface area contributed by atoms with Gasteiger partial charge in [0.05, 0.1) is 12.0 Å². The minimum absolute atomic E-state index is 0.225. The number of methoxy groups -OCH3 is 1. The van der Waals surface area contributed by atoms with Crippen molar-refractivity contribution in [3.8, 4) is 0 Å². The normalized spacial score (nSPS) is 15.3. The van der Waals surface area contributed by atoms with Crippen LogP contribution in [0.3, 0.4) is 0 Å². The number of aryl methyl sites for hydroxylation is 1. The summed E-state index contributed by atoms with van der Waals surface area (Å²) in [7, 11) is 4.52. The third-order valence-corrected chi connectivity index (χ3v) is 5.42. The van der Waals surface area contributed by atoms with Crippen LogP contribution in [0.1, 0.15) is 23.3 Å². The number of nitrogens with two attached hydrogens (primary N) is 1. The van der Waals surface area contributed by atoms with Gasteiger partial charge in [0, 0.05) is 46.8 Å². The Morgan fingerprint density at radius 2 is 1.82 bits per heavy atom. The molecule has 0 atom stereocenters. The first kappa shape index (κ1) is 19.9. The van der Waals surface area contributed by atoms with Crippen molar-refractivity contribution in [1.29, 1.82) is 0 Å². The van der Waals surface area contributed by atoms with Gasteiger partial charge in [-0.05, 0) is 18.9 Å². The molecule has 0 bridgehead atoms. The number of hydrogen-bond acceptors (Lipinski definition) is 5. The maximum atomic E-state index is 13.2. The number of fused-ring (bicyclic) bond motifs is 1. The number of carbonyl (C=O) groups is 2. The number of nitrogens with zero attached hydrogens (tertiary/aromatic N) is 4. The first-order chi connectivity index (χ1) is 13.3. The van der Waals surface area contributed by atoms with Gasteiger partial charge in [-0.25, -0.2) is 4.79 Å². The lowest BCUT2D eigenvalue weighted by molar-refractivity contribution is -0.123. The second-order valence-electron chi connectivity index (χ2n) is 7.09. The smallest absolute Gasteiger partial charge is 0.332 e. The van der Waals surface area contributed by atoms with Crippen molar-refractivity contribution in [3.05, 3.63) is 32.6 Å². The first-order valence-electron chi connectivity index (χ1n) is 9.14. The van der Waals surface area contributed by atoms with Crippen LogP contribution in [-0.4, -0.2) is 57.2 Å². The molecular weight excluding hydrogens is 366 g/mol. The molecule has 0 saturated carbocycles. The summed E-state index contributed by atoms with van der Waals surface area (Å²) in [5.74, 6) is -0.818. The van der Waals surface area contributed by atoms with Crippen molar-refractivity contribution in [2.45, 2.75) is 19.4 Å². The topological polar surface area (TPSA) is 122 Å². The number of amides is 2. The second kappa shape index (κ2) is 7.63. The number of aromatic nitrogens is 3. The SMILES string of the molecule is COCCn1c(C(=O)N2CCC(C(N)=O)CC2)cc2c(=O)n(C)c(=O)n(C)c21. The van der Waals surface area contributed by atoms with Gasteiger partial charge in [0.1, 0.15) is 11.3 Å². The standard InChI is InChI=1S/C18H25N5O5/c1-20-15-12(16(25)21(2)18(20)27)10-13(23(15)8-9-28-3)17(26)22-6-4-11(5-7-22)14(19)24/h10-11H,4-9H2,1-3H3,(H2,19,24). The van der Waals surface area contributed by atoms with Gasteiger partial charge in [-0.1, -0.05) is 0 Å². The minimum Gasteiger partial charge on any atom is -0.383 e. The molecule has 1 saturated heterocycles. The fraction of sp³-hybridized carbons (Fsp3) is 0.556. The highest BCUT2D eigenvalue weighted by atomic mass is 16.5. The Labute approximate surface area is 161 Å². The minimum atomic E-state index is -0.462. The van der Waals surface area contributed by atoms with E-state index in [1.54, 1.807) is 23.6 Å². The lowest BCUT2D eigenvalue weighted by atomic mass is 9.96. The Hall–Kier alpha value is -2.88. The van der Waals surface area contributed by atoms with E-state index in [4.69, 9.17) is 10.5 Å². The highest BCUT2D eigenvalue weighted by molar-refractivity contribution is 5.98. The summed E-state index contributed by atoms with van der Waals surface area (Å²) in [6.07, 6.45) is 1.03. The lowest BCUT2D eigenvalue weighted by Gasteiger charge is -2.30. The van der Waals surface area contributed by atoms with Crippen molar-refractivity contribution in [3.63, 3.8) is 0 Å². The summed E-state index contributed by atoms with van der Waals surface area (Å²) in [6.45, 7) is 1.46. The summed E-state index contributed by atoms with van der Waals surface area (Å²) in [5, 5.41) is 0.302. The van der Waals surface area contributed by atoms with Gasteiger partial charge >= 0.3 is 5.69 Å². The molecule has 0 aromatic carbocycles. The molecule has 2 aromatic heterocycles. The molecule has 3 rings (SSSR count). The number of piperidine rings is 1. The van der Waals surface area contributed by atoms with Gasteiger partial charge in [-0.2, -0.15) is 0 Å². The van der Waals surface area contributed by atoms with E-state index >= 15 is 0 Å². The van der Waals surface area contributed by atoms with Crippen LogP contribution in [0.5, 0.6) is 0 Å². The van der Waals surface area contributed by atoms with Crippen LogP contribution in [0.4, 0.5) is 0 Å². The van der Waals surface area contributed by atoms with Crippen molar-refractivity contribution in [1.82, 2.24) is 18.6 Å². The van der Waals surface area contributed by atoms with Crippen molar-refractivity contribution in [2.75, 3.05) is 26.8 Å². The predicted molar refractivity (Wildman–Crippen MR) is 102 cm³/mol. The van der Waals surface area contributed by atoms with Crippen LogP contribution in [-0.2, 0) is 30.2 Å². The van der Waals surface area contributed by atoms with Gasteiger partial charge in [0.15, 0.2) is 0 Å². The number of primary amides is 1. The van der Waals surface area contributed by atoms with E-state index < -0.39 is 11.2 Å². The molecule has 10 heteroatoms. The molecule has 0 aliphatic carbocycles. The molecule has 0 spiro atoms. The van der Waals surface area contributed by atoms with Crippen molar-refractivity contribution >= 4 is 22.8 Å². The molecule has 10 nitrogen and oxygen atoms in total. The van der Waals surface area contributed by atoms with E-state index in [1.165, 1.54) is 17.7 Å². The van der Waals surface area contributed by atoms with Gasteiger partial charge in [0.2, 0.25) is 5.91 Å². The summed E-state index contributed by atoms with van der Waals surface area (Å²) in [4.78, 5) is 51.1. The number of carbonyl (C=O) groups excluding carboxylic acids is 2. The second-order valence-corrected chi connectivity index (χ2v) is 7.09. The van der Waals surface area contributed by atoms with Gasteiger partial charge < -0.3 is 19.9 Å². The highest BCUT2D eigenvalue weighted by Gasteiger charge is 2.29. The average Bonchev–Trinajstić information content (AvgIpc) is 3.08. The molecule has 0 unspecified atom stereocenters. The maximum Gasteiger partial charge on any atom is 0.332 e. The summed E-state index contributed by atoms with van der Waals surface area (Å²) >= 11 is 0. The Balaban J connectivity index is 2.07. The monoisotopic (exact) mass is 391 g/mol. The summed E-state index contributed by atoms with van der Waals surface area (Å²) < 4.78 is 9.18. The molecule has 152 valence electrons. The molecule has 3 heterocycles. The summed E-state index contributed by atoms with van der Waals surface area (Å²) in [5.41, 5.74) is 5.16. The van der Waals surface area contributed by atoms with Gasteiger partial charge in [-0.15, -0.1) is 0 Å². The molecule has 2 N–H and O–H groups in total. The highest BCUT2D eigenvalue weighted by Crippen LogP contribution is 2.22. The molecule has 1 fully saturated rings. The molecule has 1 aliphatic heterocycles. The maximum absolute atomic E-state index is 13.2. The van der Waals surface area contributed by atoms with E-state index in [-0.39, 0.29) is 17.7 Å². The quantitative estimate of drug-likeness (QED) is 0.702. The first-order valence-corrected chi connectivity index (χ1v) is 9.14. The number of likely N-dealkylation sites (tertiary alicyclic amines) is 1. The molecule has 1 aliphatic rings. The molecule has 28 heavy (non-hydrogen) atoms. The summed E-state index contributed by atoms with van der Waals surface area (Å²) in [6, 6.07) is 1.54. The Morgan fingerprint density at radius 3 is 2.39 bits per heavy atom. The number of rotatable bonds is 5. The third kappa shape index (κ3) is 3.24. The molecular formula is C18H25N5O5. The van der Waals surface area contributed by atoms with Crippen LogP contribution < -0.4 is 17.0 Å².